The van der Waals surface area contributed by atoms with Crippen LogP contribution in [0.15, 0.2) is 54.2 Å². The quantitative estimate of drug-likeness (QED) is 0.413. The molecule has 0 radical (unpaired) electrons. The van der Waals surface area contributed by atoms with Crippen LogP contribution >= 0.6 is 11.3 Å². The van der Waals surface area contributed by atoms with Gasteiger partial charge in [-0.2, -0.15) is 0 Å². The minimum atomic E-state index is 0.529. The highest BCUT2D eigenvalue weighted by Gasteiger charge is 2.14. The average molecular weight is 406 g/mol. The lowest BCUT2D eigenvalue weighted by molar-refractivity contribution is 0.331. The minimum absolute atomic E-state index is 0.529. The van der Waals surface area contributed by atoms with Crippen molar-refractivity contribution >= 4 is 27.4 Å². The average Bonchev–Trinajstić information content (AvgIpc) is 3.16. The lowest BCUT2D eigenvalue weighted by atomic mass is 9.99. The highest BCUT2D eigenvalue weighted by molar-refractivity contribution is 7.17. The van der Waals surface area contributed by atoms with Gasteiger partial charge in [-0.1, -0.05) is 23.8 Å². The summed E-state index contributed by atoms with van der Waals surface area (Å²) in [6.45, 7) is 5.42. The maximum absolute atomic E-state index is 5.81. The second kappa shape index (κ2) is 8.49. The normalized spacial score (nSPS) is 10.9. The SMILES string of the molecule is COc1ccc(OCCNc2ncnc3scc(-c4ccc(C)cc4C)c23)cc1. The number of anilines is 1. The standard InChI is InChI=1S/C23H23N3O2S/c1-15-4-9-19(16(2)12-15)20-13-29-23-21(20)22(25-14-26-23)24-10-11-28-18-7-5-17(27-3)6-8-18/h4-9,12-14H,10-11H2,1-3H3,(H,24,25,26). The van der Waals surface area contributed by atoms with Gasteiger partial charge in [0.15, 0.2) is 0 Å². The third kappa shape index (κ3) is 4.17. The van der Waals surface area contributed by atoms with Crippen LogP contribution in [0.1, 0.15) is 11.1 Å². The number of methoxy groups -OCH3 is 1. The van der Waals surface area contributed by atoms with Crippen LogP contribution in [0, 0.1) is 13.8 Å². The van der Waals surface area contributed by atoms with Crippen LogP contribution in [0.25, 0.3) is 21.3 Å². The van der Waals surface area contributed by atoms with Crippen molar-refractivity contribution in [3.8, 4) is 22.6 Å². The van der Waals surface area contributed by atoms with Crippen LogP contribution in [0.5, 0.6) is 11.5 Å². The Hall–Kier alpha value is -3.12. The van der Waals surface area contributed by atoms with Crippen molar-refractivity contribution in [1.82, 2.24) is 9.97 Å². The summed E-state index contributed by atoms with van der Waals surface area (Å²) in [7, 11) is 1.65. The Morgan fingerprint density at radius 3 is 2.52 bits per heavy atom. The Labute approximate surface area is 174 Å². The summed E-state index contributed by atoms with van der Waals surface area (Å²) in [4.78, 5) is 9.92. The molecular weight excluding hydrogens is 382 g/mol. The molecule has 5 nitrogen and oxygen atoms in total. The molecule has 0 aliphatic heterocycles. The summed E-state index contributed by atoms with van der Waals surface area (Å²) in [5, 5.41) is 6.64. The number of fused-ring (bicyclic) bond motifs is 1. The maximum atomic E-state index is 5.81. The monoisotopic (exact) mass is 405 g/mol. The Morgan fingerprint density at radius 1 is 0.966 bits per heavy atom. The van der Waals surface area contributed by atoms with Gasteiger partial charge in [-0.05, 0) is 49.2 Å². The summed E-state index contributed by atoms with van der Waals surface area (Å²) < 4.78 is 11.0. The van der Waals surface area contributed by atoms with E-state index < -0.39 is 0 Å². The molecule has 6 heteroatoms. The van der Waals surface area contributed by atoms with Gasteiger partial charge in [-0.15, -0.1) is 11.3 Å². The van der Waals surface area contributed by atoms with Gasteiger partial charge in [0.1, 0.15) is 35.1 Å². The second-order valence-electron chi connectivity index (χ2n) is 6.82. The number of hydrogen-bond donors (Lipinski definition) is 1. The minimum Gasteiger partial charge on any atom is -0.497 e. The molecule has 0 unspecified atom stereocenters. The molecule has 0 saturated heterocycles. The Kier molecular flexibility index (Phi) is 5.62. The molecule has 2 heterocycles. The molecule has 4 aromatic rings. The van der Waals surface area contributed by atoms with Gasteiger partial charge >= 0.3 is 0 Å². The fraction of sp³-hybridized carbons (Fsp3) is 0.217. The van der Waals surface area contributed by atoms with E-state index in [1.807, 2.05) is 24.3 Å². The number of nitrogens with one attached hydrogen (secondary N) is 1. The molecule has 0 aliphatic carbocycles. The molecular formula is C23H23N3O2S. The topological polar surface area (TPSA) is 56.3 Å². The molecule has 0 atom stereocenters. The summed E-state index contributed by atoms with van der Waals surface area (Å²) in [5.74, 6) is 2.46. The van der Waals surface area contributed by atoms with Crippen LogP contribution < -0.4 is 14.8 Å². The van der Waals surface area contributed by atoms with E-state index in [0.29, 0.717) is 13.2 Å². The van der Waals surface area contributed by atoms with Crippen molar-refractivity contribution in [1.29, 1.82) is 0 Å². The first-order valence-electron chi connectivity index (χ1n) is 9.46. The molecule has 0 fully saturated rings. The van der Waals surface area contributed by atoms with Gasteiger partial charge in [0.2, 0.25) is 0 Å². The number of ether oxygens (including phenoxy) is 2. The number of hydrogen-bond acceptors (Lipinski definition) is 6. The number of aromatic nitrogens is 2. The van der Waals surface area contributed by atoms with Gasteiger partial charge in [-0.3, -0.25) is 0 Å². The predicted molar refractivity (Wildman–Crippen MR) is 119 cm³/mol. The number of rotatable bonds is 7. The third-order valence-electron chi connectivity index (χ3n) is 4.76. The molecule has 2 aromatic carbocycles. The zero-order valence-electron chi connectivity index (χ0n) is 16.7. The lowest BCUT2D eigenvalue weighted by Gasteiger charge is -2.11. The van der Waals surface area contributed by atoms with Crippen molar-refractivity contribution in [2.45, 2.75) is 13.8 Å². The maximum Gasteiger partial charge on any atom is 0.138 e. The molecule has 2 aromatic heterocycles. The second-order valence-corrected chi connectivity index (χ2v) is 7.68. The molecule has 148 valence electrons. The fourth-order valence-electron chi connectivity index (χ4n) is 3.33. The van der Waals surface area contributed by atoms with Gasteiger partial charge in [0, 0.05) is 10.9 Å². The van der Waals surface area contributed by atoms with E-state index in [1.54, 1.807) is 24.8 Å². The first-order valence-corrected chi connectivity index (χ1v) is 10.3. The van der Waals surface area contributed by atoms with E-state index in [0.717, 1.165) is 27.5 Å². The molecule has 0 bridgehead atoms. The zero-order chi connectivity index (χ0) is 20.2. The summed E-state index contributed by atoms with van der Waals surface area (Å²) in [6.07, 6.45) is 1.61. The van der Waals surface area contributed by atoms with Crippen LogP contribution in [-0.4, -0.2) is 30.2 Å². The smallest absolute Gasteiger partial charge is 0.138 e. The largest absolute Gasteiger partial charge is 0.497 e. The lowest BCUT2D eigenvalue weighted by Crippen LogP contribution is -2.12. The van der Waals surface area contributed by atoms with Crippen LogP contribution in [0.3, 0.4) is 0 Å². The van der Waals surface area contributed by atoms with E-state index in [9.17, 15) is 0 Å². The number of aryl methyl sites for hydroxylation is 2. The number of thiophene rings is 1. The van der Waals surface area contributed by atoms with Gasteiger partial charge in [0.25, 0.3) is 0 Å². The Balaban J connectivity index is 1.51. The fourth-order valence-corrected chi connectivity index (χ4v) is 4.24. The molecule has 0 aliphatic rings. The van der Waals surface area contributed by atoms with Crippen molar-refractivity contribution < 1.29 is 9.47 Å². The zero-order valence-corrected chi connectivity index (χ0v) is 17.5. The first-order chi connectivity index (χ1) is 14.2. The predicted octanol–water partition coefficient (Wildman–Crippen LogP) is 5.47. The van der Waals surface area contributed by atoms with Crippen LogP contribution in [0.2, 0.25) is 0 Å². The van der Waals surface area contributed by atoms with Gasteiger partial charge in [0.05, 0.1) is 19.0 Å². The van der Waals surface area contributed by atoms with Gasteiger partial charge < -0.3 is 14.8 Å². The molecule has 4 rings (SSSR count). The van der Waals surface area contributed by atoms with E-state index in [2.05, 4.69) is 52.7 Å². The van der Waals surface area contributed by atoms with Gasteiger partial charge in [-0.25, -0.2) is 9.97 Å². The summed E-state index contributed by atoms with van der Waals surface area (Å²) in [6, 6.07) is 14.1. The van der Waals surface area contributed by atoms with Crippen molar-refractivity contribution in [3.05, 3.63) is 65.3 Å². The van der Waals surface area contributed by atoms with E-state index in [-0.39, 0.29) is 0 Å². The summed E-state index contributed by atoms with van der Waals surface area (Å²) >= 11 is 1.64. The molecule has 0 saturated carbocycles. The summed E-state index contributed by atoms with van der Waals surface area (Å²) in [5.41, 5.74) is 4.90. The van der Waals surface area contributed by atoms with E-state index in [1.165, 1.54) is 22.3 Å². The Bertz CT molecular complexity index is 1120. The van der Waals surface area contributed by atoms with E-state index >= 15 is 0 Å². The Morgan fingerprint density at radius 2 is 1.76 bits per heavy atom. The van der Waals surface area contributed by atoms with Crippen LogP contribution in [-0.2, 0) is 0 Å². The number of benzene rings is 2. The highest BCUT2D eigenvalue weighted by atomic mass is 32.1. The first kappa shape index (κ1) is 19.2. The van der Waals surface area contributed by atoms with E-state index in [4.69, 9.17) is 9.47 Å². The number of nitrogens with zero attached hydrogens (tertiary/aromatic N) is 2. The van der Waals surface area contributed by atoms with Crippen molar-refractivity contribution in [2.75, 3.05) is 25.6 Å². The van der Waals surface area contributed by atoms with Crippen LogP contribution in [0.4, 0.5) is 5.82 Å². The van der Waals surface area contributed by atoms with Crippen molar-refractivity contribution in [2.24, 2.45) is 0 Å². The molecule has 0 spiro atoms. The molecule has 1 N–H and O–H groups in total. The van der Waals surface area contributed by atoms with Crippen molar-refractivity contribution in [3.63, 3.8) is 0 Å². The third-order valence-corrected chi connectivity index (χ3v) is 5.65. The molecule has 29 heavy (non-hydrogen) atoms. The molecule has 0 amide bonds. The highest BCUT2D eigenvalue weighted by Crippen LogP contribution is 2.37.